The Bertz CT molecular complexity index is 445. The summed E-state index contributed by atoms with van der Waals surface area (Å²) in [6.45, 7) is 7.04. The van der Waals surface area contributed by atoms with E-state index in [0.717, 1.165) is 0 Å². The van der Waals surface area contributed by atoms with E-state index in [4.69, 9.17) is 9.84 Å². The molecule has 1 heterocycles. The molecule has 0 spiro atoms. The molecule has 0 bridgehead atoms. The van der Waals surface area contributed by atoms with Crippen LogP contribution in [0, 0.1) is 0 Å². The van der Waals surface area contributed by atoms with Gasteiger partial charge in [0.15, 0.2) is 5.69 Å². The largest absolute Gasteiger partial charge is 0.481 e. The fourth-order valence-electron chi connectivity index (χ4n) is 1.37. The Labute approximate surface area is 106 Å². The number of carbonyl (C=O) groups is 2. The van der Waals surface area contributed by atoms with E-state index >= 15 is 0 Å². The zero-order chi connectivity index (χ0) is 13.9. The molecule has 0 aromatic carbocycles. The number of rotatable bonds is 4. The lowest BCUT2D eigenvalue weighted by molar-refractivity contribution is -0.137. The van der Waals surface area contributed by atoms with E-state index in [2.05, 4.69) is 5.10 Å². The van der Waals surface area contributed by atoms with E-state index in [1.54, 1.807) is 33.9 Å². The average molecular weight is 254 g/mol. The highest BCUT2D eigenvalue weighted by Gasteiger charge is 2.20. The summed E-state index contributed by atoms with van der Waals surface area (Å²) in [7, 11) is 0. The van der Waals surface area contributed by atoms with Crippen molar-refractivity contribution in [2.45, 2.75) is 45.8 Å². The van der Waals surface area contributed by atoms with Gasteiger partial charge in [-0.15, -0.1) is 0 Å². The first-order chi connectivity index (χ1) is 8.19. The van der Waals surface area contributed by atoms with Crippen LogP contribution in [-0.4, -0.2) is 32.4 Å². The lowest BCUT2D eigenvalue weighted by atomic mass is 10.2. The Balaban J connectivity index is 2.74. The Kier molecular flexibility index (Phi) is 4.11. The minimum Gasteiger partial charge on any atom is -0.481 e. The van der Waals surface area contributed by atoms with Gasteiger partial charge in [-0.3, -0.25) is 9.48 Å². The number of carbonyl (C=O) groups excluding carboxylic acids is 1. The molecular formula is C12H18N2O4. The topological polar surface area (TPSA) is 81.4 Å². The number of carboxylic acids is 1. The molecule has 0 aliphatic rings. The maximum absolute atomic E-state index is 11.7. The predicted octanol–water partition coefficient (Wildman–Crippen LogP) is 1.87. The van der Waals surface area contributed by atoms with Crippen LogP contribution in [0.15, 0.2) is 12.3 Å². The second-order valence-corrected chi connectivity index (χ2v) is 5.13. The average Bonchev–Trinajstić information content (AvgIpc) is 2.61. The van der Waals surface area contributed by atoms with Gasteiger partial charge in [-0.25, -0.2) is 4.79 Å². The first-order valence-corrected chi connectivity index (χ1v) is 5.69. The highest BCUT2D eigenvalue weighted by Crippen LogP contribution is 2.13. The van der Waals surface area contributed by atoms with Crippen molar-refractivity contribution in [3.63, 3.8) is 0 Å². The van der Waals surface area contributed by atoms with E-state index in [1.807, 2.05) is 0 Å². The SMILES string of the molecule is CC(CC(=O)O)n1ccc(C(=O)OC(C)(C)C)n1. The maximum Gasteiger partial charge on any atom is 0.359 e. The van der Waals surface area contributed by atoms with Crippen molar-refractivity contribution in [2.24, 2.45) is 0 Å². The van der Waals surface area contributed by atoms with Gasteiger partial charge in [-0.1, -0.05) is 0 Å². The molecule has 100 valence electrons. The monoisotopic (exact) mass is 254 g/mol. The summed E-state index contributed by atoms with van der Waals surface area (Å²) in [6.07, 6.45) is 1.53. The Morgan fingerprint density at radius 1 is 1.50 bits per heavy atom. The summed E-state index contributed by atoms with van der Waals surface area (Å²) < 4.78 is 6.62. The number of carboxylic acid groups (broad SMARTS) is 1. The van der Waals surface area contributed by atoms with Crippen LogP contribution < -0.4 is 0 Å². The standard InChI is InChI=1S/C12H18N2O4/c1-8(7-10(15)16)14-6-5-9(13-14)11(17)18-12(2,3)4/h5-6,8H,7H2,1-4H3,(H,15,16). The quantitative estimate of drug-likeness (QED) is 0.829. The third-order valence-electron chi connectivity index (χ3n) is 2.14. The van der Waals surface area contributed by atoms with Crippen LogP contribution in [0.3, 0.4) is 0 Å². The Hall–Kier alpha value is -1.85. The lowest BCUT2D eigenvalue weighted by Crippen LogP contribution is -2.24. The Morgan fingerprint density at radius 3 is 2.61 bits per heavy atom. The van der Waals surface area contributed by atoms with Crippen molar-refractivity contribution in [2.75, 3.05) is 0 Å². The van der Waals surface area contributed by atoms with Gasteiger partial charge in [0, 0.05) is 6.20 Å². The van der Waals surface area contributed by atoms with Crippen molar-refractivity contribution in [3.05, 3.63) is 18.0 Å². The molecule has 1 aromatic heterocycles. The minimum atomic E-state index is -0.906. The number of aromatic nitrogens is 2. The molecule has 0 saturated heterocycles. The van der Waals surface area contributed by atoms with E-state index in [1.165, 1.54) is 10.7 Å². The molecule has 0 saturated carbocycles. The van der Waals surface area contributed by atoms with Crippen molar-refractivity contribution < 1.29 is 19.4 Å². The number of hydrogen-bond acceptors (Lipinski definition) is 4. The van der Waals surface area contributed by atoms with Gasteiger partial charge >= 0.3 is 11.9 Å². The van der Waals surface area contributed by atoms with Gasteiger partial charge in [0.25, 0.3) is 0 Å². The molecule has 18 heavy (non-hydrogen) atoms. The Morgan fingerprint density at radius 2 is 2.11 bits per heavy atom. The van der Waals surface area contributed by atoms with E-state index in [-0.39, 0.29) is 18.2 Å². The van der Waals surface area contributed by atoms with Gasteiger partial charge in [0.1, 0.15) is 5.60 Å². The van der Waals surface area contributed by atoms with Crippen LogP contribution in [0.25, 0.3) is 0 Å². The van der Waals surface area contributed by atoms with Crippen molar-refractivity contribution in [3.8, 4) is 0 Å². The summed E-state index contributed by atoms with van der Waals surface area (Å²) in [6, 6.07) is 1.21. The van der Waals surface area contributed by atoms with Crippen molar-refractivity contribution in [1.82, 2.24) is 9.78 Å². The van der Waals surface area contributed by atoms with Crippen LogP contribution in [0.1, 0.15) is 50.6 Å². The highest BCUT2D eigenvalue weighted by atomic mass is 16.6. The van der Waals surface area contributed by atoms with Crippen LogP contribution in [0.2, 0.25) is 0 Å². The molecule has 1 rings (SSSR count). The highest BCUT2D eigenvalue weighted by molar-refractivity contribution is 5.87. The molecule has 1 N–H and O–H groups in total. The zero-order valence-corrected chi connectivity index (χ0v) is 11.0. The first kappa shape index (κ1) is 14.2. The summed E-state index contributed by atoms with van der Waals surface area (Å²) in [5.41, 5.74) is -0.393. The van der Waals surface area contributed by atoms with Crippen LogP contribution >= 0.6 is 0 Å². The predicted molar refractivity (Wildman–Crippen MR) is 64.4 cm³/mol. The molecule has 0 aliphatic carbocycles. The zero-order valence-electron chi connectivity index (χ0n) is 11.0. The molecule has 1 atom stereocenters. The fraction of sp³-hybridized carbons (Fsp3) is 0.583. The van der Waals surface area contributed by atoms with Crippen LogP contribution in [0.4, 0.5) is 0 Å². The van der Waals surface area contributed by atoms with Gasteiger partial charge in [0.05, 0.1) is 12.5 Å². The molecule has 1 aromatic rings. The number of hydrogen-bond donors (Lipinski definition) is 1. The summed E-state index contributed by atoms with van der Waals surface area (Å²) in [4.78, 5) is 22.3. The number of nitrogens with zero attached hydrogens (tertiary/aromatic N) is 2. The second kappa shape index (κ2) is 5.20. The molecular weight excluding hydrogens is 236 g/mol. The fourth-order valence-corrected chi connectivity index (χ4v) is 1.37. The maximum atomic E-state index is 11.7. The van der Waals surface area contributed by atoms with E-state index in [9.17, 15) is 9.59 Å². The second-order valence-electron chi connectivity index (χ2n) is 5.13. The molecule has 0 aliphatic heterocycles. The third kappa shape index (κ3) is 4.20. The van der Waals surface area contributed by atoms with Gasteiger partial charge < -0.3 is 9.84 Å². The van der Waals surface area contributed by atoms with Crippen molar-refractivity contribution >= 4 is 11.9 Å². The molecule has 6 nitrogen and oxygen atoms in total. The number of aliphatic carboxylic acids is 1. The van der Waals surface area contributed by atoms with E-state index < -0.39 is 17.5 Å². The summed E-state index contributed by atoms with van der Waals surface area (Å²) in [5, 5.41) is 12.7. The van der Waals surface area contributed by atoms with Crippen LogP contribution in [0.5, 0.6) is 0 Å². The number of ether oxygens (including phenoxy) is 1. The third-order valence-corrected chi connectivity index (χ3v) is 2.14. The summed E-state index contributed by atoms with van der Waals surface area (Å²) in [5.74, 6) is -1.42. The molecule has 1 unspecified atom stereocenters. The van der Waals surface area contributed by atoms with Crippen molar-refractivity contribution in [1.29, 1.82) is 0 Å². The van der Waals surface area contributed by atoms with Gasteiger partial charge in [-0.2, -0.15) is 5.10 Å². The minimum absolute atomic E-state index is 0.0462. The van der Waals surface area contributed by atoms with Gasteiger partial charge in [0.2, 0.25) is 0 Å². The molecule has 6 heteroatoms. The van der Waals surface area contributed by atoms with Gasteiger partial charge in [-0.05, 0) is 33.8 Å². The smallest absolute Gasteiger partial charge is 0.359 e. The van der Waals surface area contributed by atoms with E-state index in [0.29, 0.717) is 0 Å². The summed E-state index contributed by atoms with van der Waals surface area (Å²) >= 11 is 0. The first-order valence-electron chi connectivity index (χ1n) is 5.69. The number of esters is 1. The lowest BCUT2D eigenvalue weighted by Gasteiger charge is -2.18. The molecule has 0 amide bonds. The normalized spacial score (nSPS) is 13.1. The molecule has 0 radical (unpaired) electrons. The van der Waals surface area contributed by atoms with Crippen LogP contribution in [-0.2, 0) is 9.53 Å². The molecule has 0 fully saturated rings.